The summed E-state index contributed by atoms with van der Waals surface area (Å²) in [6, 6.07) is 7.43. The molecule has 2 saturated heterocycles. The van der Waals surface area contributed by atoms with Crippen LogP contribution in [0, 0.1) is 23.2 Å². The van der Waals surface area contributed by atoms with E-state index in [1.54, 1.807) is 4.90 Å². The molecule has 2 aliphatic heterocycles. The molecule has 5 fully saturated rings. The second kappa shape index (κ2) is 5.98. The molecule has 0 spiro atoms. The molecular weight excluding hydrogens is 386 g/mol. The summed E-state index contributed by atoms with van der Waals surface area (Å²) in [4.78, 5) is 19.9. The Morgan fingerprint density at radius 1 is 1.23 bits per heavy atom. The summed E-state index contributed by atoms with van der Waals surface area (Å²) >= 11 is 0. The van der Waals surface area contributed by atoms with Crippen molar-refractivity contribution >= 4 is 6.03 Å². The maximum atomic E-state index is 13.1. The van der Waals surface area contributed by atoms with Crippen molar-refractivity contribution in [3.05, 3.63) is 29.3 Å². The molecule has 6 atom stereocenters. The third-order valence-electron chi connectivity index (χ3n) is 10.4. The van der Waals surface area contributed by atoms with Crippen molar-refractivity contribution in [2.75, 3.05) is 33.7 Å². The molecule has 4 aliphatic carbocycles. The first kappa shape index (κ1) is 18.8. The van der Waals surface area contributed by atoms with Crippen LogP contribution in [-0.2, 0) is 11.8 Å². The number of hydrogen-bond donors (Lipinski definition) is 1. The molecule has 3 saturated carbocycles. The van der Waals surface area contributed by atoms with Gasteiger partial charge in [0.15, 0.2) is 0 Å². The first-order chi connectivity index (χ1) is 14.9. The molecular formula is C26H35N3O2. The van der Waals surface area contributed by atoms with E-state index in [2.05, 4.69) is 21.9 Å². The minimum atomic E-state index is 0.138. The van der Waals surface area contributed by atoms with Crippen molar-refractivity contribution in [1.29, 1.82) is 0 Å². The van der Waals surface area contributed by atoms with Gasteiger partial charge in [-0.2, -0.15) is 0 Å². The van der Waals surface area contributed by atoms with Crippen LogP contribution in [0.4, 0.5) is 4.79 Å². The van der Waals surface area contributed by atoms with Crippen LogP contribution in [0.1, 0.15) is 49.7 Å². The molecule has 166 valence electrons. The molecule has 1 aromatic rings. The molecule has 1 N–H and O–H groups in total. The number of aromatic hydroxyl groups is 1. The van der Waals surface area contributed by atoms with Crippen LogP contribution in [0.3, 0.4) is 0 Å². The zero-order valence-corrected chi connectivity index (χ0v) is 18.9. The predicted molar refractivity (Wildman–Crippen MR) is 119 cm³/mol. The fourth-order valence-electron chi connectivity index (χ4n) is 9.42. The molecule has 1 aromatic carbocycles. The molecule has 2 heterocycles. The lowest BCUT2D eigenvalue weighted by atomic mass is 9.43. The number of hydrogen-bond acceptors (Lipinski definition) is 3. The Kier molecular flexibility index (Phi) is 3.62. The molecule has 5 heteroatoms. The zero-order valence-electron chi connectivity index (χ0n) is 18.9. The van der Waals surface area contributed by atoms with Crippen LogP contribution >= 0.6 is 0 Å². The standard InChI is InChI=1S/C26H35N3O2/c1-27(2)24(31)29-15-18-13-25-8-7-21(29)23(18)26(25)9-10-28(14-16-3-4-16)22(25)11-17-5-6-19(30)12-20(17)26/h5-6,12,16,18,21-23,30H,3-4,7-11,13-15H2,1-2H3/t18-,21?,22-,23?,25-,26+/m1/s1. The van der Waals surface area contributed by atoms with E-state index < -0.39 is 0 Å². The number of phenols is 1. The quantitative estimate of drug-likeness (QED) is 0.796. The van der Waals surface area contributed by atoms with Crippen molar-refractivity contribution < 1.29 is 9.90 Å². The average molecular weight is 422 g/mol. The Morgan fingerprint density at radius 2 is 2.06 bits per heavy atom. The summed E-state index contributed by atoms with van der Waals surface area (Å²) in [6.45, 7) is 3.41. The number of nitrogens with zero attached hydrogens (tertiary/aromatic N) is 3. The number of rotatable bonds is 2. The van der Waals surface area contributed by atoms with Crippen LogP contribution in [-0.4, -0.2) is 71.7 Å². The highest BCUT2D eigenvalue weighted by atomic mass is 16.3. The number of amides is 2. The number of benzene rings is 1. The van der Waals surface area contributed by atoms with Gasteiger partial charge in [-0.3, -0.25) is 4.90 Å². The Hall–Kier alpha value is -1.75. The topological polar surface area (TPSA) is 47.0 Å². The lowest BCUT2D eigenvalue weighted by molar-refractivity contribution is -0.102. The molecule has 6 aliphatic rings. The molecule has 31 heavy (non-hydrogen) atoms. The highest BCUT2D eigenvalue weighted by molar-refractivity contribution is 5.75. The number of urea groups is 1. The Bertz CT molecular complexity index is 958. The summed E-state index contributed by atoms with van der Waals surface area (Å²) in [5.41, 5.74) is 3.39. The molecule has 0 aromatic heterocycles. The van der Waals surface area contributed by atoms with E-state index in [1.807, 2.05) is 20.2 Å². The van der Waals surface area contributed by atoms with Gasteiger partial charge in [0, 0.05) is 44.7 Å². The first-order valence-corrected chi connectivity index (χ1v) is 12.5. The van der Waals surface area contributed by atoms with E-state index in [-0.39, 0.29) is 11.4 Å². The van der Waals surface area contributed by atoms with E-state index in [4.69, 9.17) is 0 Å². The highest BCUT2D eigenvalue weighted by Crippen LogP contribution is 2.75. The van der Waals surface area contributed by atoms with Gasteiger partial charge in [-0.25, -0.2) is 4.79 Å². The van der Waals surface area contributed by atoms with Crippen molar-refractivity contribution in [1.82, 2.24) is 14.7 Å². The third kappa shape index (κ3) is 2.19. The number of phenolic OH excluding ortho intramolecular Hbond substituents is 1. The summed E-state index contributed by atoms with van der Waals surface area (Å²) < 4.78 is 0. The largest absolute Gasteiger partial charge is 0.508 e. The van der Waals surface area contributed by atoms with E-state index in [0.717, 1.165) is 25.3 Å². The Labute approximate surface area is 185 Å². The van der Waals surface area contributed by atoms with Gasteiger partial charge in [-0.05, 0) is 97.9 Å². The zero-order chi connectivity index (χ0) is 21.1. The number of fused-ring (bicyclic) bond motifs is 1. The maximum absolute atomic E-state index is 13.1. The number of carbonyl (C=O) groups excluding carboxylic acids is 1. The molecule has 2 unspecified atom stereocenters. The maximum Gasteiger partial charge on any atom is 0.319 e. The van der Waals surface area contributed by atoms with Crippen molar-refractivity contribution in [3.8, 4) is 5.75 Å². The van der Waals surface area contributed by atoms with Gasteiger partial charge in [0.25, 0.3) is 0 Å². The first-order valence-electron chi connectivity index (χ1n) is 12.5. The molecule has 4 bridgehead atoms. The summed E-state index contributed by atoms with van der Waals surface area (Å²) in [7, 11) is 3.78. The van der Waals surface area contributed by atoms with Gasteiger partial charge in [0.2, 0.25) is 0 Å². The molecule has 5 nitrogen and oxygen atoms in total. The molecule has 0 radical (unpaired) electrons. The number of likely N-dealkylation sites (tertiary alicyclic amines) is 2. The van der Waals surface area contributed by atoms with Crippen LogP contribution < -0.4 is 0 Å². The third-order valence-corrected chi connectivity index (χ3v) is 10.4. The highest BCUT2D eigenvalue weighted by Gasteiger charge is 2.76. The average Bonchev–Trinajstić information content (AvgIpc) is 3.43. The minimum absolute atomic E-state index is 0.138. The summed E-state index contributed by atoms with van der Waals surface area (Å²) in [6.07, 6.45) is 8.85. The van der Waals surface area contributed by atoms with Crippen molar-refractivity contribution in [2.24, 2.45) is 23.2 Å². The minimum Gasteiger partial charge on any atom is -0.508 e. The van der Waals surface area contributed by atoms with E-state index in [9.17, 15) is 9.90 Å². The second-order valence-corrected chi connectivity index (χ2v) is 11.8. The Morgan fingerprint density at radius 3 is 2.84 bits per heavy atom. The van der Waals surface area contributed by atoms with Crippen LogP contribution in [0.5, 0.6) is 5.75 Å². The van der Waals surface area contributed by atoms with Crippen molar-refractivity contribution in [2.45, 2.75) is 62.4 Å². The monoisotopic (exact) mass is 421 g/mol. The number of carbonyl (C=O) groups is 1. The van der Waals surface area contributed by atoms with E-state index >= 15 is 0 Å². The van der Waals surface area contributed by atoms with Gasteiger partial charge in [0.1, 0.15) is 5.75 Å². The second-order valence-electron chi connectivity index (χ2n) is 11.8. The van der Waals surface area contributed by atoms with E-state index in [0.29, 0.717) is 35.1 Å². The van der Waals surface area contributed by atoms with Gasteiger partial charge >= 0.3 is 6.03 Å². The Balaban J connectivity index is 1.38. The summed E-state index contributed by atoms with van der Waals surface area (Å²) in [5.74, 6) is 2.50. The lowest BCUT2D eigenvalue weighted by Crippen LogP contribution is -2.70. The smallest absolute Gasteiger partial charge is 0.319 e. The number of piperidine rings is 1. The van der Waals surface area contributed by atoms with E-state index in [1.165, 1.54) is 56.3 Å². The van der Waals surface area contributed by atoms with Crippen molar-refractivity contribution in [3.63, 3.8) is 0 Å². The van der Waals surface area contributed by atoms with Gasteiger partial charge in [0.05, 0.1) is 0 Å². The fraction of sp³-hybridized carbons (Fsp3) is 0.731. The fourth-order valence-corrected chi connectivity index (χ4v) is 9.42. The van der Waals surface area contributed by atoms with Crippen LogP contribution in [0.25, 0.3) is 0 Å². The normalized spacial score (nSPS) is 42.3. The van der Waals surface area contributed by atoms with Crippen LogP contribution in [0.15, 0.2) is 18.2 Å². The van der Waals surface area contributed by atoms with Gasteiger partial charge in [-0.15, -0.1) is 0 Å². The lowest BCUT2D eigenvalue weighted by Gasteiger charge is -2.66. The molecule has 2 amide bonds. The van der Waals surface area contributed by atoms with Gasteiger partial charge < -0.3 is 14.9 Å². The van der Waals surface area contributed by atoms with Crippen LogP contribution in [0.2, 0.25) is 0 Å². The van der Waals surface area contributed by atoms with Gasteiger partial charge in [-0.1, -0.05) is 6.07 Å². The predicted octanol–water partition coefficient (Wildman–Crippen LogP) is 3.45. The summed E-state index contributed by atoms with van der Waals surface area (Å²) in [5, 5.41) is 10.5. The molecule has 7 rings (SSSR count). The SMILES string of the molecule is CN(C)C(=O)N1C[C@H]2C[C@@]34CCC1C2[C@@]31CCN(CC2CC2)[C@@H]4Cc2ccc(O)cc21.